The molecule has 1 amide bonds. The van der Waals surface area contributed by atoms with Gasteiger partial charge in [0, 0.05) is 31.1 Å². The molecule has 33 heavy (non-hydrogen) atoms. The number of nitrogens with zero attached hydrogens (tertiary/aromatic N) is 5. The Morgan fingerprint density at radius 1 is 1.15 bits per heavy atom. The van der Waals surface area contributed by atoms with E-state index in [1.165, 1.54) is 28.8 Å². The third-order valence-electron chi connectivity index (χ3n) is 8.75. The number of aliphatic hydroxyl groups is 1. The van der Waals surface area contributed by atoms with Gasteiger partial charge in [-0.25, -0.2) is 0 Å². The van der Waals surface area contributed by atoms with Crippen LogP contribution < -0.4 is 4.74 Å². The van der Waals surface area contributed by atoms with Crippen molar-refractivity contribution in [3.8, 4) is 5.75 Å². The van der Waals surface area contributed by atoms with Crippen molar-refractivity contribution in [2.24, 2.45) is 5.92 Å². The summed E-state index contributed by atoms with van der Waals surface area (Å²) >= 11 is 0. The van der Waals surface area contributed by atoms with Crippen molar-refractivity contribution in [2.45, 2.75) is 62.1 Å². The molecule has 1 saturated carbocycles. The van der Waals surface area contributed by atoms with Gasteiger partial charge in [0.1, 0.15) is 12.3 Å². The van der Waals surface area contributed by atoms with Crippen LogP contribution in [0.4, 0.5) is 0 Å². The quantitative estimate of drug-likeness (QED) is 0.744. The van der Waals surface area contributed by atoms with Crippen LogP contribution in [0.15, 0.2) is 30.6 Å². The van der Waals surface area contributed by atoms with Gasteiger partial charge in [0.25, 0.3) is 0 Å². The van der Waals surface area contributed by atoms with Gasteiger partial charge < -0.3 is 14.7 Å². The van der Waals surface area contributed by atoms with E-state index in [4.69, 9.17) is 4.74 Å². The highest BCUT2D eigenvalue weighted by Gasteiger charge is 2.63. The Balaban J connectivity index is 1.36. The molecule has 2 aliphatic carbocycles. The molecule has 4 aliphatic rings. The minimum absolute atomic E-state index is 0.0140. The monoisotopic (exact) mass is 451 g/mol. The van der Waals surface area contributed by atoms with Crippen LogP contribution in [0.25, 0.3) is 0 Å². The second kappa shape index (κ2) is 7.81. The summed E-state index contributed by atoms with van der Waals surface area (Å²) in [6.45, 7) is 3.42. The largest absolute Gasteiger partial charge is 0.497 e. The highest BCUT2D eigenvalue weighted by molar-refractivity contribution is 5.76. The molecule has 0 spiro atoms. The van der Waals surface area contributed by atoms with Gasteiger partial charge >= 0.3 is 0 Å². The maximum absolute atomic E-state index is 13.1. The topological polar surface area (TPSA) is 83.7 Å². The molecule has 2 aromatic rings. The van der Waals surface area contributed by atoms with Crippen LogP contribution in [0.2, 0.25) is 0 Å². The Hall–Kier alpha value is -2.45. The van der Waals surface area contributed by atoms with Gasteiger partial charge in [-0.05, 0) is 74.2 Å². The maximum atomic E-state index is 13.1. The standard InChI is InChI=1S/C25H33N5O3/c1-33-20-5-4-19-14-22-25(32)8-13-28(23(31)17-30-26-9-10-27-30)11-6-24(25,21(19)15-20)7-12-29(22)16-18-2-3-18/h4-5,9-10,15,18,22,32H,2-3,6-8,11-14,16-17H2,1H3. The summed E-state index contributed by atoms with van der Waals surface area (Å²) in [5.74, 6) is 1.63. The number of rotatable bonds is 5. The molecule has 3 unspecified atom stereocenters. The lowest BCUT2D eigenvalue weighted by Crippen LogP contribution is -2.71. The van der Waals surface area contributed by atoms with Crippen LogP contribution in [0.3, 0.4) is 0 Å². The van der Waals surface area contributed by atoms with Crippen molar-refractivity contribution >= 4 is 5.91 Å². The van der Waals surface area contributed by atoms with E-state index >= 15 is 0 Å². The summed E-state index contributed by atoms with van der Waals surface area (Å²) in [6, 6.07) is 6.48. The molecule has 8 nitrogen and oxygen atoms in total. The molecule has 2 aliphatic heterocycles. The third kappa shape index (κ3) is 3.37. The zero-order valence-electron chi connectivity index (χ0n) is 19.3. The van der Waals surface area contributed by atoms with Gasteiger partial charge in [0.2, 0.25) is 5.91 Å². The number of hydrogen-bond acceptors (Lipinski definition) is 6. The number of amides is 1. The van der Waals surface area contributed by atoms with Crippen LogP contribution in [0, 0.1) is 5.92 Å². The van der Waals surface area contributed by atoms with E-state index in [0.717, 1.165) is 44.0 Å². The van der Waals surface area contributed by atoms with Gasteiger partial charge in [0.05, 0.1) is 25.1 Å². The van der Waals surface area contributed by atoms with E-state index in [-0.39, 0.29) is 23.9 Å². The molecule has 3 fully saturated rings. The number of likely N-dealkylation sites (tertiary alicyclic amines) is 2. The smallest absolute Gasteiger partial charge is 0.246 e. The summed E-state index contributed by atoms with van der Waals surface area (Å²) < 4.78 is 5.59. The molecule has 2 saturated heterocycles. The fourth-order valence-electron chi connectivity index (χ4n) is 6.78. The summed E-state index contributed by atoms with van der Waals surface area (Å²) in [7, 11) is 1.70. The number of hydrogen-bond donors (Lipinski definition) is 1. The Labute approximate surface area is 194 Å². The lowest BCUT2D eigenvalue weighted by atomic mass is 9.52. The normalized spacial score (nSPS) is 31.5. The van der Waals surface area contributed by atoms with E-state index < -0.39 is 5.60 Å². The first-order valence-electron chi connectivity index (χ1n) is 12.3. The third-order valence-corrected chi connectivity index (χ3v) is 8.75. The molecule has 8 heteroatoms. The summed E-state index contributed by atoms with van der Waals surface area (Å²) in [5, 5.41) is 20.7. The lowest BCUT2D eigenvalue weighted by molar-refractivity contribution is -0.149. The second-order valence-corrected chi connectivity index (χ2v) is 10.4. The van der Waals surface area contributed by atoms with Gasteiger partial charge in [-0.3, -0.25) is 9.69 Å². The molecule has 1 aromatic carbocycles. The summed E-state index contributed by atoms with van der Waals surface area (Å²) in [5.41, 5.74) is 1.33. The predicted molar refractivity (Wildman–Crippen MR) is 122 cm³/mol. The number of ether oxygens (including phenoxy) is 1. The van der Waals surface area contributed by atoms with E-state index in [2.05, 4.69) is 27.2 Å². The molecule has 0 radical (unpaired) electrons. The summed E-state index contributed by atoms with van der Waals surface area (Å²) in [4.78, 5) is 19.0. The highest BCUT2D eigenvalue weighted by Crippen LogP contribution is 2.56. The number of carbonyl (C=O) groups excluding carboxylic acids is 1. The van der Waals surface area contributed by atoms with Crippen molar-refractivity contribution < 1.29 is 14.6 Å². The highest BCUT2D eigenvalue weighted by atomic mass is 16.5. The Bertz CT molecular complexity index is 1040. The van der Waals surface area contributed by atoms with Crippen LogP contribution in [-0.2, 0) is 23.2 Å². The summed E-state index contributed by atoms with van der Waals surface area (Å²) in [6.07, 6.45) is 8.92. The Morgan fingerprint density at radius 2 is 1.91 bits per heavy atom. The van der Waals surface area contributed by atoms with E-state index in [9.17, 15) is 9.90 Å². The molecular weight excluding hydrogens is 418 g/mol. The van der Waals surface area contributed by atoms with Crippen molar-refractivity contribution in [2.75, 3.05) is 33.3 Å². The molecule has 6 rings (SSSR count). The predicted octanol–water partition coefficient (Wildman–Crippen LogP) is 1.62. The van der Waals surface area contributed by atoms with Crippen molar-refractivity contribution in [3.05, 3.63) is 41.7 Å². The minimum Gasteiger partial charge on any atom is -0.497 e. The van der Waals surface area contributed by atoms with E-state index in [1.54, 1.807) is 19.5 Å². The molecule has 3 heterocycles. The van der Waals surface area contributed by atoms with Crippen molar-refractivity contribution in [1.82, 2.24) is 24.8 Å². The molecular formula is C25H33N5O3. The first-order valence-corrected chi connectivity index (χ1v) is 12.3. The van der Waals surface area contributed by atoms with Crippen LogP contribution in [0.1, 0.15) is 43.2 Å². The molecule has 1 aromatic heterocycles. The van der Waals surface area contributed by atoms with Gasteiger partial charge in [-0.15, -0.1) is 0 Å². The number of methoxy groups -OCH3 is 1. The minimum atomic E-state index is -0.863. The zero-order valence-corrected chi connectivity index (χ0v) is 19.3. The number of piperidine rings is 1. The number of aromatic nitrogens is 3. The fourth-order valence-corrected chi connectivity index (χ4v) is 6.78. The molecule has 1 N–H and O–H groups in total. The molecule has 2 bridgehead atoms. The van der Waals surface area contributed by atoms with Gasteiger partial charge in [-0.1, -0.05) is 6.07 Å². The average Bonchev–Trinajstić information content (AvgIpc) is 3.52. The first kappa shape index (κ1) is 21.1. The molecule has 176 valence electrons. The van der Waals surface area contributed by atoms with E-state index in [0.29, 0.717) is 19.5 Å². The Kier molecular flexibility index (Phi) is 4.99. The lowest BCUT2D eigenvalue weighted by Gasteiger charge is -2.61. The SMILES string of the molecule is COc1ccc2c(c1)C13CCN(C(=O)Cn4nccn4)CCC1(O)C(C2)N(CC1CC1)CC3. The van der Waals surface area contributed by atoms with Crippen LogP contribution in [0.5, 0.6) is 5.75 Å². The van der Waals surface area contributed by atoms with Gasteiger partial charge in [0.15, 0.2) is 0 Å². The van der Waals surface area contributed by atoms with Crippen LogP contribution in [-0.4, -0.2) is 80.7 Å². The average molecular weight is 452 g/mol. The van der Waals surface area contributed by atoms with Crippen molar-refractivity contribution in [3.63, 3.8) is 0 Å². The molecule has 3 atom stereocenters. The number of carbonyl (C=O) groups is 1. The van der Waals surface area contributed by atoms with Crippen LogP contribution >= 0.6 is 0 Å². The number of fused-ring (bicyclic) bond motifs is 1. The van der Waals surface area contributed by atoms with E-state index in [1.807, 2.05) is 11.0 Å². The van der Waals surface area contributed by atoms with Crippen molar-refractivity contribution in [1.29, 1.82) is 0 Å². The fraction of sp³-hybridized carbons (Fsp3) is 0.640. The maximum Gasteiger partial charge on any atom is 0.246 e. The van der Waals surface area contributed by atoms with Gasteiger partial charge in [-0.2, -0.15) is 15.0 Å². The first-order chi connectivity index (χ1) is 16.0. The number of benzene rings is 1. The second-order valence-electron chi connectivity index (χ2n) is 10.4. The zero-order chi connectivity index (χ0) is 22.6. The Morgan fingerprint density at radius 3 is 2.67 bits per heavy atom.